The highest BCUT2D eigenvalue weighted by molar-refractivity contribution is 6.21. The maximum Gasteiger partial charge on any atom is 0.261 e. The SMILES string of the molecule is Cc1cccc(-c2nc(C(C)C)no2)c1NC(=O)CCN1C(=O)c2ccccc2C1=O. The van der Waals surface area contributed by atoms with Crippen molar-refractivity contribution in [3.63, 3.8) is 0 Å². The number of carbonyl (C=O) groups excluding carboxylic acids is 3. The van der Waals surface area contributed by atoms with Gasteiger partial charge < -0.3 is 9.84 Å². The van der Waals surface area contributed by atoms with Crippen LogP contribution in [-0.4, -0.2) is 39.3 Å². The van der Waals surface area contributed by atoms with Gasteiger partial charge in [-0.3, -0.25) is 19.3 Å². The quantitative estimate of drug-likeness (QED) is 0.611. The van der Waals surface area contributed by atoms with Crippen LogP contribution < -0.4 is 5.32 Å². The number of para-hydroxylation sites is 1. The maximum absolute atomic E-state index is 12.7. The Bertz CT molecular complexity index is 1150. The van der Waals surface area contributed by atoms with Crippen molar-refractivity contribution in [2.24, 2.45) is 0 Å². The number of amides is 3. The zero-order valence-electron chi connectivity index (χ0n) is 17.5. The summed E-state index contributed by atoms with van der Waals surface area (Å²) in [6, 6.07) is 12.2. The molecule has 2 aromatic carbocycles. The summed E-state index contributed by atoms with van der Waals surface area (Å²) in [7, 11) is 0. The molecule has 0 bridgehead atoms. The summed E-state index contributed by atoms with van der Waals surface area (Å²) in [5.74, 6) is -0.0627. The van der Waals surface area contributed by atoms with E-state index in [4.69, 9.17) is 4.52 Å². The fraction of sp³-hybridized carbons (Fsp3) is 0.261. The van der Waals surface area contributed by atoms with Gasteiger partial charge >= 0.3 is 0 Å². The minimum atomic E-state index is -0.378. The third kappa shape index (κ3) is 3.84. The lowest BCUT2D eigenvalue weighted by Crippen LogP contribution is -2.33. The zero-order chi connectivity index (χ0) is 22.1. The van der Waals surface area contributed by atoms with Crippen molar-refractivity contribution in [3.8, 4) is 11.5 Å². The van der Waals surface area contributed by atoms with E-state index in [9.17, 15) is 14.4 Å². The molecule has 8 heteroatoms. The van der Waals surface area contributed by atoms with Crippen LogP contribution >= 0.6 is 0 Å². The molecular formula is C23H22N4O4. The molecule has 2 heterocycles. The van der Waals surface area contributed by atoms with E-state index in [0.717, 1.165) is 10.5 Å². The van der Waals surface area contributed by atoms with E-state index in [0.29, 0.717) is 34.1 Å². The van der Waals surface area contributed by atoms with Crippen LogP contribution in [0.3, 0.4) is 0 Å². The van der Waals surface area contributed by atoms with Gasteiger partial charge in [-0.1, -0.05) is 43.3 Å². The summed E-state index contributed by atoms with van der Waals surface area (Å²) in [6.07, 6.45) is -0.0275. The maximum atomic E-state index is 12.7. The number of rotatable bonds is 6. The Morgan fingerprint density at radius 3 is 2.29 bits per heavy atom. The summed E-state index contributed by atoms with van der Waals surface area (Å²) in [5.41, 5.74) is 2.75. The zero-order valence-corrected chi connectivity index (χ0v) is 17.5. The minimum absolute atomic E-state index is 0.00253. The largest absolute Gasteiger partial charge is 0.334 e. The lowest BCUT2D eigenvalue weighted by atomic mass is 10.1. The second-order valence-electron chi connectivity index (χ2n) is 7.72. The van der Waals surface area contributed by atoms with E-state index >= 15 is 0 Å². The van der Waals surface area contributed by atoms with Gasteiger partial charge in [0.25, 0.3) is 17.7 Å². The number of fused-ring (bicyclic) bond motifs is 1. The molecule has 1 aliphatic heterocycles. The fourth-order valence-electron chi connectivity index (χ4n) is 3.45. The molecule has 0 atom stereocenters. The predicted octanol–water partition coefficient (Wildman–Crippen LogP) is 3.79. The third-order valence-corrected chi connectivity index (χ3v) is 5.17. The predicted molar refractivity (Wildman–Crippen MR) is 114 cm³/mol. The van der Waals surface area contributed by atoms with Crippen molar-refractivity contribution >= 4 is 23.4 Å². The standard InChI is InChI=1S/C23H22N4O4/c1-13(2)20-25-21(31-26-20)17-10-6-7-14(3)19(17)24-18(28)11-12-27-22(29)15-8-4-5-9-16(15)23(27)30/h4-10,13H,11-12H2,1-3H3,(H,24,28). The third-order valence-electron chi connectivity index (χ3n) is 5.17. The highest BCUT2D eigenvalue weighted by Crippen LogP contribution is 2.31. The Morgan fingerprint density at radius 1 is 1.03 bits per heavy atom. The van der Waals surface area contributed by atoms with E-state index in [2.05, 4.69) is 15.5 Å². The number of hydrogen-bond donors (Lipinski definition) is 1. The number of carbonyl (C=O) groups is 3. The first kappa shape index (κ1) is 20.5. The number of imide groups is 1. The number of nitrogens with one attached hydrogen (secondary N) is 1. The number of aryl methyl sites for hydroxylation is 1. The van der Waals surface area contributed by atoms with E-state index < -0.39 is 0 Å². The van der Waals surface area contributed by atoms with E-state index in [-0.39, 0.29) is 36.6 Å². The highest BCUT2D eigenvalue weighted by atomic mass is 16.5. The molecular weight excluding hydrogens is 396 g/mol. The fourth-order valence-corrected chi connectivity index (χ4v) is 3.45. The molecule has 0 aliphatic carbocycles. The molecule has 0 saturated carbocycles. The topological polar surface area (TPSA) is 105 Å². The van der Waals surface area contributed by atoms with Gasteiger partial charge in [-0.2, -0.15) is 4.98 Å². The van der Waals surface area contributed by atoms with E-state index in [1.165, 1.54) is 0 Å². The van der Waals surface area contributed by atoms with Crippen LogP contribution in [0, 0.1) is 6.92 Å². The Hall–Kier alpha value is -3.81. The van der Waals surface area contributed by atoms with Crippen LogP contribution in [0.4, 0.5) is 5.69 Å². The van der Waals surface area contributed by atoms with Gasteiger partial charge in [0.2, 0.25) is 5.91 Å². The second-order valence-corrected chi connectivity index (χ2v) is 7.72. The monoisotopic (exact) mass is 418 g/mol. The second kappa shape index (κ2) is 8.14. The Labute approximate surface area is 179 Å². The van der Waals surface area contributed by atoms with Gasteiger partial charge in [-0.15, -0.1) is 0 Å². The van der Waals surface area contributed by atoms with Crippen LogP contribution in [-0.2, 0) is 4.79 Å². The molecule has 158 valence electrons. The van der Waals surface area contributed by atoms with Gasteiger partial charge in [-0.25, -0.2) is 0 Å². The summed E-state index contributed by atoms with van der Waals surface area (Å²) in [6.45, 7) is 5.79. The van der Waals surface area contributed by atoms with Crippen LogP contribution in [0.1, 0.15) is 58.3 Å². The first-order valence-electron chi connectivity index (χ1n) is 10.1. The number of benzene rings is 2. The Balaban J connectivity index is 1.48. The molecule has 1 N–H and O–H groups in total. The van der Waals surface area contributed by atoms with E-state index in [1.54, 1.807) is 30.3 Å². The van der Waals surface area contributed by atoms with Crippen molar-refractivity contribution in [3.05, 3.63) is 65.0 Å². The van der Waals surface area contributed by atoms with Gasteiger partial charge in [0, 0.05) is 18.9 Å². The van der Waals surface area contributed by atoms with Gasteiger partial charge in [0.05, 0.1) is 22.4 Å². The molecule has 3 amide bonds. The van der Waals surface area contributed by atoms with Crippen LogP contribution in [0.2, 0.25) is 0 Å². The summed E-state index contributed by atoms with van der Waals surface area (Å²) >= 11 is 0. The average Bonchev–Trinajstić information content (AvgIpc) is 3.33. The smallest absolute Gasteiger partial charge is 0.261 e. The molecule has 0 unspecified atom stereocenters. The van der Waals surface area contributed by atoms with Gasteiger partial charge in [-0.05, 0) is 30.7 Å². The molecule has 1 aromatic heterocycles. The summed E-state index contributed by atoms with van der Waals surface area (Å²) in [5, 5.41) is 6.86. The Morgan fingerprint density at radius 2 is 1.68 bits per heavy atom. The molecule has 0 radical (unpaired) electrons. The molecule has 0 saturated heterocycles. The molecule has 31 heavy (non-hydrogen) atoms. The normalized spacial score (nSPS) is 13.1. The summed E-state index contributed by atoms with van der Waals surface area (Å²) in [4.78, 5) is 43.1. The minimum Gasteiger partial charge on any atom is -0.334 e. The number of anilines is 1. The number of nitrogens with zero attached hydrogens (tertiary/aromatic N) is 3. The van der Waals surface area contributed by atoms with Gasteiger partial charge in [0.15, 0.2) is 5.82 Å². The molecule has 3 aromatic rings. The van der Waals surface area contributed by atoms with E-state index in [1.807, 2.05) is 32.9 Å². The Kier molecular flexibility index (Phi) is 5.37. The van der Waals surface area contributed by atoms with Crippen LogP contribution in [0.5, 0.6) is 0 Å². The van der Waals surface area contributed by atoms with Crippen LogP contribution in [0.15, 0.2) is 47.0 Å². The lowest BCUT2D eigenvalue weighted by molar-refractivity contribution is -0.116. The van der Waals surface area contributed by atoms with Crippen molar-refractivity contribution < 1.29 is 18.9 Å². The summed E-state index contributed by atoms with van der Waals surface area (Å²) < 4.78 is 5.38. The van der Waals surface area contributed by atoms with Crippen molar-refractivity contribution in [2.75, 3.05) is 11.9 Å². The highest BCUT2D eigenvalue weighted by Gasteiger charge is 2.35. The molecule has 4 rings (SSSR count). The first-order valence-corrected chi connectivity index (χ1v) is 10.1. The number of aromatic nitrogens is 2. The lowest BCUT2D eigenvalue weighted by Gasteiger charge is -2.15. The number of hydrogen-bond acceptors (Lipinski definition) is 6. The average molecular weight is 418 g/mol. The molecule has 8 nitrogen and oxygen atoms in total. The molecule has 1 aliphatic rings. The first-order chi connectivity index (χ1) is 14.9. The van der Waals surface area contributed by atoms with Crippen molar-refractivity contribution in [2.45, 2.75) is 33.1 Å². The van der Waals surface area contributed by atoms with Crippen molar-refractivity contribution in [1.82, 2.24) is 15.0 Å². The van der Waals surface area contributed by atoms with Gasteiger partial charge in [0.1, 0.15) is 0 Å². The van der Waals surface area contributed by atoms with Crippen LogP contribution in [0.25, 0.3) is 11.5 Å². The van der Waals surface area contributed by atoms with Crippen molar-refractivity contribution in [1.29, 1.82) is 0 Å². The molecule has 0 spiro atoms. The molecule has 0 fully saturated rings.